The number of aromatic nitrogens is 1. The van der Waals surface area contributed by atoms with Crippen molar-refractivity contribution in [3.05, 3.63) is 28.6 Å². The molecule has 2 heterocycles. The number of benzene rings is 1. The standard InChI is InChI=1S/C22H31N5O6/c1-12-16(13(2)33-26-12)11-27-7-6-14(10-27)25-18(28)9-24-22(29)15-8-17(30-3)20(31-4)21(32-5)19(15)23/h8,14H,6-7,9-11,23H2,1-5H3,(H,24,29)(H,25,28)/t14-/m1/s1. The molecule has 1 aliphatic heterocycles. The number of likely N-dealkylation sites (tertiary alicyclic amines) is 1. The van der Waals surface area contributed by atoms with Gasteiger partial charge in [0.05, 0.1) is 44.8 Å². The molecule has 11 nitrogen and oxygen atoms in total. The number of aryl methyl sites for hydroxylation is 2. The highest BCUT2D eigenvalue weighted by Gasteiger charge is 2.26. The number of ether oxygens (including phenoxy) is 3. The van der Waals surface area contributed by atoms with E-state index in [0.29, 0.717) is 12.3 Å². The molecule has 0 aliphatic carbocycles. The van der Waals surface area contributed by atoms with Crippen molar-refractivity contribution in [1.29, 1.82) is 0 Å². The predicted octanol–water partition coefficient (Wildman–Crippen LogP) is 1.02. The van der Waals surface area contributed by atoms with Crippen LogP contribution in [0, 0.1) is 13.8 Å². The quantitative estimate of drug-likeness (QED) is 0.467. The highest BCUT2D eigenvalue weighted by atomic mass is 16.5. The van der Waals surface area contributed by atoms with Gasteiger partial charge in [0, 0.05) is 31.2 Å². The minimum absolute atomic E-state index is 0.00104. The Labute approximate surface area is 192 Å². The summed E-state index contributed by atoms with van der Waals surface area (Å²) in [5.41, 5.74) is 8.28. The monoisotopic (exact) mass is 461 g/mol. The second kappa shape index (κ2) is 10.4. The van der Waals surface area contributed by atoms with E-state index in [0.717, 1.165) is 36.5 Å². The third-order valence-corrected chi connectivity index (χ3v) is 5.72. The van der Waals surface area contributed by atoms with Crippen molar-refractivity contribution in [3.63, 3.8) is 0 Å². The molecule has 180 valence electrons. The highest BCUT2D eigenvalue weighted by molar-refractivity contribution is 6.03. The second-order valence-corrected chi connectivity index (χ2v) is 7.88. The summed E-state index contributed by atoms with van der Waals surface area (Å²) in [6.45, 7) is 5.92. The average Bonchev–Trinajstić information content (AvgIpc) is 3.38. The van der Waals surface area contributed by atoms with Gasteiger partial charge in [0.25, 0.3) is 5.91 Å². The highest BCUT2D eigenvalue weighted by Crippen LogP contribution is 2.43. The van der Waals surface area contributed by atoms with Crippen molar-refractivity contribution in [2.75, 3.05) is 46.7 Å². The van der Waals surface area contributed by atoms with E-state index >= 15 is 0 Å². The maximum atomic E-state index is 12.7. The molecule has 2 aromatic rings. The summed E-state index contributed by atoms with van der Waals surface area (Å²) in [6.07, 6.45) is 0.822. The van der Waals surface area contributed by atoms with Crippen molar-refractivity contribution >= 4 is 17.5 Å². The van der Waals surface area contributed by atoms with E-state index in [1.807, 2.05) is 13.8 Å². The first-order valence-corrected chi connectivity index (χ1v) is 10.6. The zero-order valence-electron chi connectivity index (χ0n) is 19.6. The van der Waals surface area contributed by atoms with Crippen LogP contribution in [0.4, 0.5) is 5.69 Å². The summed E-state index contributed by atoms with van der Waals surface area (Å²) in [5.74, 6) is 0.785. The number of nitrogens with two attached hydrogens (primary N) is 1. The molecule has 33 heavy (non-hydrogen) atoms. The van der Waals surface area contributed by atoms with Crippen molar-refractivity contribution in [1.82, 2.24) is 20.7 Å². The maximum absolute atomic E-state index is 12.7. The Balaban J connectivity index is 1.54. The van der Waals surface area contributed by atoms with Gasteiger partial charge < -0.3 is 35.1 Å². The number of methoxy groups -OCH3 is 3. The fourth-order valence-corrected chi connectivity index (χ4v) is 3.95. The van der Waals surface area contributed by atoms with Gasteiger partial charge in [-0.15, -0.1) is 0 Å². The lowest BCUT2D eigenvalue weighted by atomic mass is 10.1. The number of carbonyl (C=O) groups is 2. The van der Waals surface area contributed by atoms with Crippen LogP contribution < -0.4 is 30.6 Å². The minimum atomic E-state index is -0.520. The normalized spacial score (nSPS) is 15.8. The van der Waals surface area contributed by atoms with Gasteiger partial charge in [0.1, 0.15) is 5.76 Å². The van der Waals surface area contributed by atoms with Gasteiger partial charge in [-0.25, -0.2) is 0 Å². The van der Waals surface area contributed by atoms with Crippen molar-refractivity contribution in [3.8, 4) is 17.2 Å². The number of amides is 2. The van der Waals surface area contributed by atoms with Gasteiger partial charge in [0.15, 0.2) is 11.5 Å². The maximum Gasteiger partial charge on any atom is 0.254 e. The fraction of sp³-hybridized carbons (Fsp3) is 0.500. The van der Waals surface area contributed by atoms with Crippen LogP contribution in [0.5, 0.6) is 17.2 Å². The smallest absolute Gasteiger partial charge is 0.254 e. The molecular weight excluding hydrogens is 430 g/mol. The number of hydrogen-bond donors (Lipinski definition) is 3. The third kappa shape index (κ3) is 5.30. The molecule has 1 atom stereocenters. The second-order valence-electron chi connectivity index (χ2n) is 7.88. The minimum Gasteiger partial charge on any atom is -0.493 e. The Kier molecular flexibility index (Phi) is 7.64. The lowest BCUT2D eigenvalue weighted by Gasteiger charge is -2.18. The predicted molar refractivity (Wildman–Crippen MR) is 121 cm³/mol. The molecule has 3 rings (SSSR count). The summed E-state index contributed by atoms with van der Waals surface area (Å²) >= 11 is 0. The summed E-state index contributed by atoms with van der Waals surface area (Å²) in [5, 5.41) is 9.55. The molecule has 0 spiro atoms. The van der Waals surface area contributed by atoms with Gasteiger partial charge in [-0.1, -0.05) is 5.16 Å². The number of anilines is 1. The number of nitrogen functional groups attached to an aromatic ring is 1. The first-order valence-electron chi connectivity index (χ1n) is 10.6. The van der Waals surface area contributed by atoms with Crippen molar-refractivity contribution in [2.24, 2.45) is 0 Å². The Bertz CT molecular complexity index is 1000. The molecule has 0 radical (unpaired) electrons. The number of nitrogens with zero attached hydrogens (tertiary/aromatic N) is 2. The van der Waals surface area contributed by atoms with Gasteiger partial charge in [0.2, 0.25) is 11.7 Å². The van der Waals surface area contributed by atoms with Crippen molar-refractivity contribution in [2.45, 2.75) is 32.9 Å². The van der Waals surface area contributed by atoms with Crippen LogP contribution >= 0.6 is 0 Å². The van der Waals surface area contributed by atoms with Crippen LogP contribution in [0.25, 0.3) is 0 Å². The summed E-state index contributed by atoms with van der Waals surface area (Å²) in [6, 6.07) is 1.45. The Hall–Kier alpha value is -3.47. The molecule has 1 aromatic carbocycles. The molecule has 1 saturated heterocycles. The molecule has 1 fully saturated rings. The zero-order chi connectivity index (χ0) is 24.1. The largest absolute Gasteiger partial charge is 0.493 e. The van der Waals surface area contributed by atoms with Crippen LogP contribution in [-0.4, -0.2) is 68.9 Å². The van der Waals surface area contributed by atoms with Crippen LogP contribution in [-0.2, 0) is 11.3 Å². The van der Waals surface area contributed by atoms with Gasteiger partial charge >= 0.3 is 0 Å². The Morgan fingerprint density at radius 3 is 2.55 bits per heavy atom. The van der Waals surface area contributed by atoms with E-state index in [1.165, 1.54) is 27.4 Å². The summed E-state index contributed by atoms with van der Waals surface area (Å²) < 4.78 is 21.0. The van der Waals surface area contributed by atoms with Crippen LogP contribution in [0.15, 0.2) is 10.6 Å². The summed E-state index contributed by atoms with van der Waals surface area (Å²) in [7, 11) is 4.31. The summed E-state index contributed by atoms with van der Waals surface area (Å²) in [4.78, 5) is 27.4. The Morgan fingerprint density at radius 1 is 1.21 bits per heavy atom. The van der Waals surface area contributed by atoms with Crippen molar-refractivity contribution < 1.29 is 28.3 Å². The van der Waals surface area contributed by atoms with Crippen LogP contribution in [0.1, 0.15) is 33.8 Å². The SMILES string of the molecule is COc1cc(C(=O)NCC(=O)N[C@@H]2CCN(Cc3c(C)noc3C)C2)c(N)c(OC)c1OC. The third-order valence-electron chi connectivity index (χ3n) is 5.72. The zero-order valence-corrected chi connectivity index (χ0v) is 19.6. The first kappa shape index (κ1) is 24.2. The van der Waals surface area contributed by atoms with Gasteiger partial charge in [-0.05, 0) is 26.3 Å². The van der Waals surface area contributed by atoms with Gasteiger partial charge in [-0.2, -0.15) is 0 Å². The number of nitrogens with one attached hydrogen (secondary N) is 2. The molecule has 2 amide bonds. The van der Waals surface area contributed by atoms with Gasteiger partial charge in [-0.3, -0.25) is 14.5 Å². The van der Waals surface area contributed by atoms with E-state index in [2.05, 4.69) is 20.7 Å². The molecule has 11 heteroatoms. The fourth-order valence-electron chi connectivity index (χ4n) is 3.95. The number of hydrogen-bond acceptors (Lipinski definition) is 9. The topological polar surface area (TPSA) is 141 Å². The number of rotatable bonds is 9. The lowest BCUT2D eigenvalue weighted by Crippen LogP contribution is -2.43. The van der Waals surface area contributed by atoms with E-state index in [4.69, 9.17) is 24.5 Å². The molecule has 0 bridgehead atoms. The first-order chi connectivity index (χ1) is 15.8. The lowest BCUT2D eigenvalue weighted by molar-refractivity contribution is -0.120. The number of carbonyl (C=O) groups excluding carboxylic acids is 2. The molecule has 1 aliphatic rings. The molecular formula is C22H31N5O6. The van der Waals surface area contributed by atoms with E-state index in [1.54, 1.807) is 0 Å². The Morgan fingerprint density at radius 2 is 1.94 bits per heavy atom. The average molecular weight is 462 g/mol. The van der Waals surface area contributed by atoms with E-state index in [-0.39, 0.29) is 41.2 Å². The van der Waals surface area contributed by atoms with Crippen LogP contribution in [0.3, 0.4) is 0 Å². The molecule has 1 aromatic heterocycles. The molecule has 4 N–H and O–H groups in total. The molecule has 0 unspecified atom stereocenters. The van der Waals surface area contributed by atoms with E-state index in [9.17, 15) is 9.59 Å². The van der Waals surface area contributed by atoms with Crippen LogP contribution in [0.2, 0.25) is 0 Å². The molecule has 0 saturated carbocycles. The van der Waals surface area contributed by atoms with E-state index < -0.39 is 5.91 Å².